The van der Waals surface area contributed by atoms with Crippen LogP contribution in [0.3, 0.4) is 0 Å². The molecule has 6 nitrogen and oxygen atoms in total. The molecule has 0 unspecified atom stereocenters. The number of pyridine rings is 1. The number of benzene rings is 1. The number of alkyl halides is 1. The van der Waals surface area contributed by atoms with Crippen LogP contribution in [-0.4, -0.2) is 46.4 Å². The zero-order chi connectivity index (χ0) is 19.1. The highest BCUT2D eigenvalue weighted by atomic mass is 35.5. The number of rotatable bonds is 3. The van der Waals surface area contributed by atoms with E-state index in [0.717, 1.165) is 11.1 Å². The number of fused-ring (bicyclic) bond motifs is 1. The van der Waals surface area contributed by atoms with Crippen molar-refractivity contribution < 1.29 is 13.9 Å². The van der Waals surface area contributed by atoms with Gasteiger partial charge in [0.2, 0.25) is 0 Å². The van der Waals surface area contributed by atoms with E-state index in [2.05, 4.69) is 9.97 Å². The number of anilines is 1. The van der Waals surface area contributed by atoms with Gasteiger partial charge in [-0.25, -0.2) is 19.2 Å². The van der Waals surface area contributed by atoms with Gasteiger partial charge in [0.1, 0.15) is 12.0 Å². The quantitative estimate of drug-likeness (QED) is 0.616. The molecular formula is C18H15Cl2FN4O2. The highest BCUT2D eigenvalue weighted by Gasteiger charge is 2.41. The van der Waals surface area contributed by atoms with E-state index in [0.29, 0.717) is 27.9 Å². The minimum atomic E-state index is -1.33. The van der Waals surface area contributed by atoms with Crippen LogP contribution in [0.2, 0.25) is 10.0 Å². The van der Waals surface area contributed by atoms with Gasteiger partial charge in [0.25, 0.3) is 0 Å². The van der Waals surface area contributed by atoms with Crippen molar-refractivity contribution in [3.63, 3.8) is 0 Å². The lowest BCUT2D eigenvalue weighted by Crippen LogP contribution is -2.41. The Bertz CT molecular complexity index is 1010. The number of ether oxygens (including phenoxy) is 1. The summed E-state index contributed by atoms with van der Waals surface area (Å²) in [6.45, 7) is 0.334. The number of esters is 1. The van der Waals surface area contributed by atoms with E-state index in [9.17, 15) is 9.18 Å². The van der Waals surface area contributed by atoms with E-state index >= 15 is 0 Å². The first-order valence-electron chi connectivity index (χ1n) is 8.27. The molecule has 1 aliphatic rings. The first-order chi connectivity index (χ1) is 13.0. The Kier molecular flexibility index (Phi) is 4.65. The van der Waals surface area contributed by atoms with E-state index in [-0.39, 0.29) is 6.42 Å². The Morgan fingerprint density at radius 2 is 2.19 bits per heavy atom. The van der Waals surface area contributed by atoms with E-state index in [1.165, 1.54) is 7.11 Å². The second-order valence-electron chi connectivity index (χ2n) is 6.19. The molecule has 27 heavy (non-hydrogen) atoms. The number of imidazole rings is 1. The Morgan fingerprint density at radius 3 is 2.89 bits per heavy atom. The van der Waals surface area contributed by atoms with Crippen LogP contribution in [0.15, 0.2) is 36.9 Å². The van der Waals surface area contributed by atoms with E-state index in [1.807, 2.05) is 6.07 Å². The van der Waals surface area contributed by atoms with Crippen molar-refractivity contribution in [2.45, 2.75) is 18.6 Å². The van der Waals surface area contributed by atoms with Gasteiger partial charge in [0, 0.05) is 30.4 Å². The molecule has 3 aromatic rings. The van der Waals surface area contributed by atoms with Gasteiger partial charge in [-0.1, -0.05) is 23.2 Å². The zero-order valence-corrected chi connectivity index (χ0v) is 15.8. The number of nitrogens with zero attached hydrogens (tertiary/aromatic N) is 4. The van der Waals surface area contributed by atoms with Crippen LogP contribution in [0.25, 0.3) is 16.6 Å². The van der Waals surface area contributed by atoms with Gasteiger partial charge in [-0.05, 0) is 18.6 Å². The lowest BCUT2D eigenvalue weighted by atomic mass is 10.1. The molecule has 1 aliphatic heterocycles. The molecule has 0 amide bonds. The minimum Gasteiger partial charge on any atom is -0.467 e. The molecule has 140 valence electrons. The predicted octanol–water partition coefficient (Wildman–Crippen LogP) is 3.82. The average molecular weight is 409 g/mol. The standard InChI is InChI=1S/C18H15Cl2FN4O2/c1-27-18(26)17-12(21)4-6-25(17)14-8-13(24-7-5-22-9-24)10-2-3-11(19)15(20)16(10)23-14/h2-3,5,7-9,12,17H,4,6H2,1H3/t12-,17+/m1/s1. The van der Waals surface area contributed by atoms with Crippen molar-refractivity contribution in [2.75, 3.05) is 18.6 Å². The fourth-order valence-electron chi connectivity index (χ4n) is 3.37. The summed E-state index contributed by atoms with van der Waals surface area (Å²) in [6, 6.07) is 4.24. The average Bonchev–Trinajstić information content (AvgIpc) is 3.33. The Hall–Kier alpha value is -2.38. The molecule has 1 fully saturated rings. The molecule has 0 saturated carbocycles. The fourth-order valence-corrected chi connectivity index (χ4v) is 3.73. The van der Waals surface area contributed by atoms with E-state index in [4.69, 9.17) is 27.9 Å². The summed E-state index contributed by atoms with van der Waals surface area (Å²) in [7, 11) is 1.24. The van der Waals surface area contributed by atoms with Gasteiger partial charge in [0.05, 0.1) is 34.7 Å². The number of hydrogen-bond donors (Lipinski definition) is 0. The number of aromatic nitrogens is 3. The van der Waals surface area contributed by atoms with E-state index in [1.54, 1.807) is 40.3 Å². The Labute approximate surface area is 164 Å². The fraction of sp³-hybridized carbons (Fsp3) is 0.278. The predicted molar refractivity (Wildman–Crippen MR) is 102 cm³/mol. The number of methoxy groups -OCH3 is 1. The summed E-state index contributed by atoms with van der Waals surface area (Å²) < 4.78 is 20.9. The summed E-state index contributed by atoms with van der Waals surface area (Å²) in [5.41, 5.74) is 1.22. The maximum atomic E-state index is 14.4. The van der Waals surface area contributed by atoms with Gasteiger partial charge < -0.3 is 14.2 Å². The molecule has 1 saturated heterocycles. The van der Waals surface area contributed by atoms with Crippen LogP contribution < -0.4 is 4.90 Å². The van der Waals surface area contributed by atoms with Gasteiger partial charge in [-0.15, -0.1) is 0 Å². The summed E-state index contributed by atoms with van der Waals surface area (Å²) in [5.74, 6) is -0.214. The lowest BCUT2D eigenvalue weighted by Gasteiger charge is -2.25. The number of carbonyl (C=O) groups is 1. The molecule has 0 radical (unpaired) electrons. The molecular weight excluding hydrogens is 394 g/mol. The largest absolute Gasteiger partial charge is 0.467 e. The first-order valence-corrected chi connectivity index (χ1v) is 9.02. The van der Waals surface area contributed by atoms with E-state index < -0.39 is 18.2 Å². The molecule has 0 aliphatic carbocycles. The third kappa shape index (κ3) is 3.00. The molecule has 2 aromatic heterocycles. The van der Waals surface area contributed by atoms with Crippen molar-refractivity contribution >= 4 is 45.9 Å². The summed E-state index contributed by atoms with van der Waals surface area (Å²) in [6.07, 6.45) is 3.94. The second kappa shape index (κ2) is 6.98. The van der Waals surface area contributed by atoms with Gasteiger partial charge in [-0.3, -0.25) is 0 Å². The summed E-state index contributed by atoms with van der Waals surface area (Å²) in [5, 5.41) is 1.42. The first kappa shape index (κ1) is 18.0. The highest BCUT2D eigenvalue weighted by Crippen LogP contribution is 2.36. The molecule has 0 N–H and O–H groups in total. The van der Waals surface area contributed by atoms with Crippen LogP contribution in [0.1, 0.15) is 6.42 Å². The Balaban J connectivity index is 1.94. The molecule has 1 aromatic carbocycles. The number of halogens is 3. The van der Waals surface area contributed by atoms with Crippen LogP contribution in [0, 0.1) is 0 Å². The third-order valence-electron chi connectivity index (χ3n) is 4.68. The van der Waals surface area contributed by atoms with Crippen molar-refractivity contribution in [1.29, 1.82) is 0 Å². The molecule has 4 rings (SSSR count). The molecule has 0 bridgehead atoms. The van der Waals surface area contributed by atoms with Crippen LogP contribution >= 0.6 is 23.2 Å². The zero-order valence-electron chi connectivity index (χ0n) is 14.3. The highest BCUT2D eigenvalue weighted by molar-refractivity contribution is 6.45. The van der Waals surface area contributed by atoms with Crippen LogP contribution in [0.4, 0.5) is 10.2 Å². The minimum absolute atomic E-state index is 0.211. The van der Waals surface area contributed by atoms with Crippen LogP contribution in [-0.2, 0) is 9.53 Å². The summed E-state index contributed by atoms with van der Waals surface area (Å²) >= 11 is 12.6. The number of hydrogen-bond acceptors (Lipinski definition) is 5. The summed E-state index contributed by atoms with van der Waals surface area (Å²) in [4.78, 5) is 22.4. The van der Waals surface area contributed by atoms with Gasteiger partial charge in [-0.2, -0.15) is 0 Å². The lowest BCUT2D eigenvalue weighted by molar-refractivity contribution is -0.143. The van der Waals surface area contributed by atoms with Gasteiger partial charge >= 0.3 is 5.97 Å². The molecule has 3 heterocycles. The second-order valence-corrected chi connectivity index (χ2v) is 6.98. The third-order valence-corrected chi connectivity index (χ3v) is 5.48. The maximum Gasteiger partial charge on any atom is 0.331 e. The van der Waals surface area contributed by atoms with Crippen LogP contribution in [0.5, 0.6) is 0 Å². The van der Waals surface area contributed by atoms with Crippen molar-refractivity contribution in [1.82, 2.24) is 14.5 Å². The topological polar surface area (TPSA) is 60.2 Å². The van der Waals surface area contributed by atoms with Gasteiger partial charge in [0.15, 0.2) is 6.04 Å². The molecule has 0 spiro atoms. The van der Waals surface area contributed by atoms with Crippen molar-refractivity contribution in [2.24, 2.45) is 0 Å². The molecule has 2 atom stereocenters. The normalized spacial score (nSPS) is 19.6. The maximum absolute atomic E-state index is 14.4. The monoisotopic (exact) mass is 408 g/mol. The Morgan fingerprint density at radius 1 is 1.37 bits per heavy atom. The van der Waals surface area contributed by atoms with Crippen molar-refractivity contribution in [3.05, 3.63) is 47.0 Å². The van der Waals surface area contributed by atoms with Crippen molar-refractivity contribution in [3.8, 4) is 5.69 Å². The number of carbonyl (C=O) groups excluding carboxylic acids is 1. The smallest absolute Gasteiger partial charge is 0.331 e. The SMILES string of the molecule is COC(=O)[C@@H]1[C@H](F)CCN1c1cc(-n2ccnc2)c2ccc(Cl)c(Cl)c2n1. The molecule has 9 heteroatoms.